The molecule has 0 aliphatic carbocycles. The Morgan fingerprint density at radius 2 is 2.13 bits per heavy atom. The molecule has 0 aliphatic rings. The molecule has 0 saturated carbocycles. The lowest BCUT2D eigenvalue weighted by Crippen LogP contribution is -2.23. The zero-order chi connectivity index (χ0) is 19.7. The second-order valence-corrected chi connectivity index (χ2v) is 4.72. The molecule has 0 bridgehead atoms. The van der Waals surface area contributed by atoms with Crippen LogP contribution in [0.2, 0.25) is 0 Å². The third kappa shape index (κ3) is 3.20. The number of nitrogen functional groups attached to an aromatic ring is 1. The van der Waals surface area contributed by atoms with Crippen molar-refractivity contribution in [2.24, 2.45) is 0 Å². The molecule has 23 heavy (non-hydrogen) atoms. The van der Waals surface area contributed by atoms with Crippen molar-refractivity contribution in [1.29, 1.82) is 0 Å². The standard InChI is InChI=1S/C14H18F3N3O3/c1-21-7-6-20-9-5-4-8(12(23-3)14(15,16)17)11(22-2)10(9)13(18)19-20/h4-5,12H,6-7H2,1-3H3,(H2,18,19)/i3D3. The Bertz CT molecular complexity index is 778. The van der Waals surface area contributed by atoms with Crippen LogP contribution >= 0.6 is 0 Å². The Morgan fingerprint density at radius 3 is 2.70 bits per heavy atom. The zero-order valence-corrected chi connectivity index (χ0v) is 12.5. The number of benzene rings is 1. The number of anilines is 1. The van der Waals surface area contributed by atoms with Gasteiger partial charge in [-0.1, -0.05) is 6.07 Å². The van der Waals surface area contributed by atoms with Crippen LogP contribution in [0.1, 0.15) is 15.8 Å². The van der Waals surface area contributed by atoms with Gasteiger partial charge in [-0.25, -0.2) is 0 Å². The van der Waals surface area contributed by atoms with Gasteiger partial charge in [0.1, 0.15) is 5.75 Å². The van der Waals surface area contributed by atoms with Crippen LogP contribution in [-0.2, 0) is 16.0 Å². The molecule has 1 unspecified atom stereocenters. The molecule has 0 amide bonds. The van der Waals surface area contributed by atoms with Gasteiger partial charge in [0.25, 0.3) is 0 Å². The average Bonchev–Trinajstić information content (AvgIpc) is 2.84. The third-order valence-corrected chi connectivity index (χ3v) is 3.34. The summed E-state index contributed by atoms with van der Waals surface area (Å²) >= 11 is 0. The van der Waals surface area contributed by atoms with Crippen LogP contribution in [0.3, 0.4) is 0 Å². The number of alkyl halides is 3. The highest BCUT2D eigenvalue weighted by Gasteiger charge is 2.43. The van der Waals surface area contributed by atoms with E-state index in [1.165, 1.54) is 17.9 Å². The number of aromatic nitrogens is 2. The van der Waals surface area contributed by atoms with Gasteiger partial charge in [-0.3, -0.25) is 4.68 Å². The van der Waals surface area contributed by atoms with Crippen LogP contribution in [0.25, 0.3) is 10.9 Å². The molecule has 9 heteroatoms. The van der Waals surface area contributed by atoms with Crippen LogP contribution in [0, 0.1) is 0 Å². The summed E-state index contributed by atoms with van der Waals surface area (Å²) in [6.45, 7) is 0.634. The minimum Gasteiger partial charge on any atom is -0.496 e. The topological polar surface area (TPSA) is 71.5 Å². The van der Waals surface area contributed by atoms with E-state index in [0.29, 0.717) is 18.7 Å². The third-order valence-electron chi connectivity index (χ3n) is 3.34. The van der Waals surface area contributed by atoms with Gasteiger partial charge in [-0.15, -0.1) is 0 Å². The van der Waals surface area contributed by atoms with Crippen LogP contribution in [0.15, 0.2) is 12.1 Å². The van der Waals surface area contributed by atoms with E-state index in [1.54, 1.807) is 0 Å². The quantitative estimate of drug-likeness (QED) is 0.878. The Kier molecular flexibility index (Phi) is 3.87. The van der Waals surface area contributed by atoms with Crippen LogP contribution in [0.5, 0.6) is 5.75 Å². The van der Waals surface area contributed by atoms with Gasteiger partial charge in [0.15, 0.2) is 11.9 Å². The van der Waals surface area contributed by atoms with E-state index in [0.717, 1.165) is 13.2 Å². The zero-order valence-electron chi connectivity index (χ0n) is 15.5. The molecule has 2 N–H and O–H groups in total. The van der Waals surface area contributed by atoms with Crippen LogP contribution in [0.4, 0.5) is 19.0 Å². The fourth-order valence-electron chi connectivity index (χ4n) is 2.37. The van der Waals surface area contributed by atoms with Gasteiger partial charge < -0.3 is 19.9 Å². The first-order valence-electron chi connectivity index (χ1n) is 8.06. The van der Waals surface area contributed by atoms with E-state index in [-0.39, 0.29) is 17.0 Å². The van der Waals surface area contributed by atoms with Crippen molar-refractivity contribution in [2.75, 3.05) is 33.6 Å². The smallest absolute Gasteiger partial charge is 0.418 e. The molecule has 0 saturated heterocycles. The van der Waals surface area contributed by atoms with Crippen molar-refractivity contribution in [1.82, 2.24) is 9.78 Å². The lowest BCUT2D eigenvalue weighted by atomic mass is 10.0. The second kappa shape index (κ2) is 6.63. The van der Waals surface area contributed by atoms with E-state index >= 15 is 0 Å². The summed E-state index contributed by atoms with van der Waals surface area (Å²) in [7, 11) is -0.602. The number of hydrogen-bond acceptors (Lipinski definition) is 5. The van der Waals surface area contributed by atoms with E-state index in [1.807, 2.05) is 0 Å². The number of hydrogen-bond donors (Lipinski definition) is 1. The number of methoxy groups -OCH3 is 3. The predicted molar refractivity (Wildman–Crippen MR) is 78.4 cm³/mol. The minimum atomic E-state index is -4.98. The highest BCUT2D eigenvalue weighted by molar-refractivity contribution is 5.96. The molecule has 1 heterocycles. The number of nitrogens with zero attached hydrogens (tertiary/aromatic N) is 2. The van der Waals surface area contributed by atoms with Crippen molar-refractivity contribution in [3.05, 3.63) is 17.7 Å². The van der Waals surface area contributed by atoms with Crippen molar-refractivity contribution in [3.8, 4) is 5.75 Å². The van der Waals surface area contributed by atoms with Crippen molar-refractivity contribution >= 4 is 16.7 Å². The highest BCUT2D eigenvalue weighted by Crippen LogP contribution is 2.43. The molecule has 0 radical (unpaired) electrons. The fraction of sp³-hybridized carbons (Fsp3) is 0.500. The van der Waals surface area contributed by atoms with Crippen molar-refractivity contribution < 1.29 is 31.5 Å². The molecule has 0 fully saturated rings. The van der Waals surface area contributed by atoms with Gasteiger partial charge in [0.2, 0.25) is 0 Å². The lowest BCUT2D eigenvalue weighted by molar-refractivity contribution is -0.216. The summed E-state index contributed by atoms with van der Waals surface area (Å²) in [5.74, 6) is -0.292. The van der Waals surface area contributed by atoms with Gasteiger partial charge >= 0.3 is 6.18 Å². The summed E-state index contributed by atoms with van der Waals surface area (Å²) in [6, 6.07) is 2.45. The SMILES string of the molecule is [2H]C([2H])([2H])OC(c1ccc2c(c(N)nn2CCOC)c1OC)C(F)(F)F. The second-order valence-electron chi connectivity index (χ2n) is 4.72. The first kappa shape index (κ1) is 13.4. The fourth-order valence-corrected chi connectivity index (χ4v) is 2.37. The molecule has 6 nitrogen and oxygen atoms in total. The maximum Gasteiger partial charge on any atom is 0.418 e. The number of halogens is 3. The average molecular weight is 336 g/mol. The Hall–Kier alpha value is -2.00. The number of fused-ring (bicyclic) bond motifs is 1. The van der Waals surface area contributed by atoms with Crippen molar-refractivity contribution in [2.45, 2.75) is 18.8 Å². The van der Waals surface area contributed by atoms with Gasteiger partial charge in [-0.2, -0.15) is 18.3 Å². The molecule has 0 aliphatic heterocycles. The Morgan fingerprint density at radius 1 is 1.39 bits per heavy atom. The van der Waals surface area contributed by atoms with Crippen LogP contribution in [-0.4, -0.2) is 43.8 Å². The lowest BCUT2D eigenvalue weighted by Gasteiger charge is -2.21. The summed E-state index contributed by atoms with van der Waals surface area (Å²) in [6.07, 6.45) is -7.69. The Balaban J connectivity index is 2.65. The summed E-state index contributed by atoms with van der Waals surface area (Å²) < 4.78 is 77.2. The number of ether oxygens (including phenoxy) is 3. The van der Waals surface area contributed by atoms with E-state index in [9.17, 15) is 13.2 Å². The van der Waals surface area contributed by atoms with Crippen LogP contribution < -0.4 is 10.5 Å². The number of rotatable bonds is 6. The summed E-state index contributed by atoms with van der Waals surface area (Å²) in [5, 5.41) is 4.22. The first-order valence-corrected chi connectivity index (χ1v) is 6.56. The summed E-state index contributed by atoms with van der Waals surface area (Å²) in [5.41, 5.74) is 5.77. The molecule has 2 rings (SSSR count). The first-order chi connectivity index (χ1) is 12.0. The van der Waals surface area contributed by atoms with E-state index in [2.05, 4.69) is 9.84 Å². The number of nitrogens with two attached hydrogens (primary N) is 1. The maximum atomic E-state index is 13.4. The maximum absolute atomic E-state index is 13.4. The van der Waals surface area contributed by atoms with E-state index < -0.39 is 24.9 Å². The molecule has 1 aromatic carbocycles. The predicted octanol–water partition coefficient (Wildman–Crippen LogP) is 2.52. The molecule has 1 atom stereocenters. The monoisotopic (exact) mass is 336 g/mol. The molecule has 0 spiro atoms. The van der Waals surface area contributed by atoms with Gasteiger partial charge in [0.05, 0.1) is 35.3 Å². The molecular formula is C14H18F3N3O3. The molecular weight excluding hydrogens is 315 g/mol. The normalized spacial score (nSPS) is 16.0. The Labute approximate surface area is 135 Å². The highest BCUT2D eigenvalue weighted by atomic mass is 19.4. The molecule has 128 valence electrons. The van der Waals surface area contributed by atoms with Crippen molar-refractivity contribution in [3.63, 3.8) is 0 Å². The van der Waals surface area contributed by atoms with Gasteiger partial charge in [0, 0.05) is 19.7 Å². The molecule has 1 aromatic heterocycles. The largest absolute Gasteiger partial charge is 0.496 e. The summed E-state index contributed by atoms with van der Waals surface area (Å²) in [4.78, 5) is 0. The minimum absolute atomic E-state index is 0.0513. The molecule has 2 aromatic rings. The van der Waals surface area contributed by atoms with E-state index in [4.69, 9.17) is 19.3 Å². The van der Waals surface area contributed by atoms with Gasteiger partial charge in [-0.05, 0) is 6.07 Å².